The lowest BCUT2D eigenvalue weighted by Crippen LogP contribution is -2.08. The fourth-order valence-electron chi connectivity index (χ4n) is 2.23. The Morgan fingerprint density at radius 2 is 1.86 bits per heavy atom. The zero-order valence-corrected chi connectivity index (χ0v) is 12.4. The second-order valence-electron chi connectivity index (χ2n) is 5.10. The van der Waals surface area contributed by atoms with Gasteiger partial charge in [0.25, 0.3) is 0 Å². The molecule has 3 aromatic rings. The Bertz CT molecular complexity index is 739. The number of ether oxygens (including phenoxy) is 1. The highest BCUT2D eigenvalue weighted by Gasteiger charge is 2.08. The standard InChI is InChI=1S/C18H17NO3/c1-14-16(8-11-21-14)13-22-18(20)12-15-4-6-17(7-5-15)19-9-2-3-10-19/h2-11H,12-13H2,1H3. The number of aromatic nitrogens is 1. The lowest BCUT2D eigenvalue weighted by Gasteiger charge is -2.06. The normalized spacial score (nSPS) is 10.6. The molecule has 0 bridgehead atoms. The summed E-state index contributed by atoms with van der Waals surface area (Å²) in [6.45, 7) is 2.10. The fraction of sp³-hybridized carbons (Fsp3) is 0.167. The third-order valence-electron chi connectivity index (χ3n) is 3.54. The van der Waals surface area contributed by atoms with Crippen molar-refractivity contribution in [1.82, 2.24) is 4.57 Å². The van der Waals surface area contributed by atoms with Gasteiger partial charge in [-0.05, 0) is 42.8 Å². The summed E-state index contributed by atoms with van der Waals surface area (Å²) >= 11 is 0. The molecule has 0 saturated heterocycles. The average Bonchev–Trinajstić information content (AvgIpc) is 3.18. The number of carbonyl (C=O) groups is 1. The van der Waals surface area contributed by atoms with E-state index in [0.717, 1.165) is 22.6 Å². The van der Waals surface area contributed by atoms with E-state index in [1.54, 1.807) is 6.26 Å². The third kappa shape index (κ3) is 3.28. The summed E-state index contributed by atoms with van der Waals surface area (Å²) in [7, 11) is 0. The van der Waals surface area contributed by atoms with Crippen molar-refractivity contribution in [2.24, 2.45) is 0 Å². The second-order valence-corrected chi connectivity index (χ2v) is 5.10. The maximum Gasteiger partial charge on any atom is 0.310 e. The Kier molecular flexibility index (Phi) is 4.10. The van der Waals surface area contributed by atoms with Gasteiger partial charge in [-0.1, -0.05) is 12.1 Å². The van der Waals surface area contributed by atoms with Gasteiger partial charge < -0.3 is 13.7 Å². The van der Waals surface area contributed by atoms with Gasteiger partial charge in [-0.2, -0.15) is 0 Å². The number of nitrogens with zero attached hydrogens (tertiary/aromatic N) is 1. The second kappa shape index (κ2) is 6.35. The van der Waals surface area contributed by atoms with Crippen LogP contribution in [-0.4, -0.2) is 10.5 Å². The SMILES string of the molecule is Cc1occc1COC(=O)Cc1ccc(-n2cccc2)cc1. The Balaban J connectivity index is 1.56. The minimum Gasteiger partial charge on any atom is -0.469 e. The van der Waals surface area contributed by atoms with Crippen LogP contribution in [0.2, 0.25) is 0 Å². The zero-order chi connectivity index (χ0) is 15.4. The average molecular weight is 295 g/mol. The van der Waals surface area contributed by atoms with Crippen molar-refractivity contribution in [1.29, 1.82) is 0 Å². The van der Waals surface area contributed by atoms with Crippen LogP contribution < -0.4 is 0 Å². The molecule has 0 radical (unpaired) electrons. The van der Waals surface area contributed by atoms with E-state index in [9.17, 15) is 4.79 Å². The van der Waals surface area contributed by atoms with E-state index < -0.39 is 0 Å². The van der Waals surface area contributed by atoms with E-state index in [1.807, 2.05) is 66.3 Å². The Hall–Kier alpha value is -2.75. The Morgan fingerprint density at radius 3 is 2.50 bits per heavy atom. The minimum absolute atomic E-state index is 0.241. The first-order valence-corrected chi connectivity index (χ1v) is 7.13. The predicted octanol–water partition coefficient (Wildman–Crippen LogP) is 3.66. The minimum atomic E-state index is -0.241. The molecular formula is C18H17NO3. The molecule has 2 heterocycles. The van der Waals surface area contributed by atoms with Gasteiger partial charge in [-0.3, -0.25) is 4.79 Å². The quantitative estimate of drug-likeness (QED) is 0.675. The highest BCUT2D eigenvalue weighted by Crippen LogP contribution is 2.13. The molecule has 1 aromatic carbocycles. The molecule has 3 rings (SSSR count). The number of hydrogen-bond acceptors (Lipinski definition) is 3. The lowest BCUT2D eigenvalue weighted by atomic mass is 10.1. The van der Waals surface area contributed by atoms with Crippen LogP contribution in [0, 0.1) is 6.92 Å². The molecule has 2 aromatic heterocycles. The van der Waals surface area contributed by atoms with Crippen molar-refractivity contribution >= 4 is 5.97 Å². The molecule has 0 amide bonds. The molecule has 0 unspecified atom stereocenters. The van der Waals surface area contributed by atoms with Crippen molar-refractivity contribution in [3.05, 3.63) is 78.0 Å². The number of benzene rings is 1. The van der Waals surface area contributed by atoms with E-state index in [4.69, 9.17) is 9.15 Å². The molecule has 0 aliphatic rings. The lowest BCUT2D eigenvalue weighted by molar-refractivity contribution is -0.144. The first kappa shape index (κ1) is 14.2. The molecule has 4 nitrogen and oxygen atoms in total. The van der Waals surface area contributed by atoms with E-state index in [0.29, 0.717) is 0 Å². The van der Waals surface area contributed by atoms with Crippen LogP contribution in [0.15, 0.2) is 65.5 Å². The van der Waals surface area contributed by atoms with E-state index in [1.165, 1.54) is 0 Å². The highest BCUT2D eigenvalue weighted by atomic mass is 16.5. The number of esters is 1. The fourth-order valence-corrected chi connectivity index (χ4v) is 2.23. The molecule has 0 aliphatic heterocycles. The number of rotatable bonds is 5. The van der Waals surface area contributed by atoms with Gasteiger partial charge in [0.1, 0.15) is 12.4 Å². The van der Waals surface area contributed by atoms with Crippen LogP contribution in [0.25, 0.3) is 5.69 Å². The zero-order valence-electron chi connectivity index (χ0n) is 12.4. The van der Waals surface area contributed by atoms with Gasteiger partial charge in [-0.15, -0.1) is 0 Å². The van der Waals surface area contributed by atoms with Gasteiger partial charge in [0.2, 0.25) is 0 Å². The van der Waals surface area contributed by atoms with E-state index in [-0.39, 0.29) is 19.0 Å². The van der Waals surface area contributed by atoms with Crippen LogP contribution in [0.1, 0.15) is 16.9 Å². The molecular weight excluding hydrogens is 278 g/mol. The number of hydrogen-bond donors (Lipinski definition) is 0. The summed E-state index contributed by atoms with van der Waals surface area (Å²) < 4.78 is 12.5. The van der Waals surface area contributed by atoms with Crippen molar-refractivity contribution in [2.45, 2.75) is 20.0 Å². The number of furan rings is 1. The van der Waals surface area contributed by atoms with Gasteiger partial charge in [0.15, 0.2) is 0 Å². The van der Waals surface area contributed by atoms with Crippen LogP contribution in [0.5, 0.6) is 0 Å². The summed E-state index contributed by atoms with van der Waals surface area (Å²) in [6.07, 6.45) is 5.83. The van der Waals surface area contributed by atoms with Gasteiger partial charge >= 0.3 is 5.97 Å². The molecule has 22 heavy (non-hydrogen) atoms. The summed E-state index contributed by atoms with van der Waals surface area (Å²) in [4.78, 5) is 11.9. The Labute approximate surface area is 128 Å². The van der Waals surface area contributed by atoms with Crippen molar-refractivity contribution < 1.29 is 13.9 Å². The van der Waals surface area contributed by atoms with Crippen molar-refractivity contribution in [3.63, 3.8) is 0 Å². The monoisotopic (exact) mass is 295 g/mol. The van der Waals surface area contributed by atoms with Crippen molar-refractivity contribution in [3.8, 4) is 5.69 Å². The maximum absolute atomic E-state index is 11.9. The third-order valence-corrected chi connectivity index (χ3v) is 3.54. The molecule has 112 valence electrons. The van der Waals surface area contributed by atoms with Crippen LogP contribution in [0.3, 0.4) is 0 Å². The highest BCUT2D eigenvalue weighted by molar-refractivity contribution is 5.72. The van der Waals surface area contributed by atoms with E-state index in [2.05, 4.69) is 0 Å². The molecule has 0 aliphatic carbocycles. The Morgan fingerprint density at radius 1 is 1.14 bits per heavy atom. The largest absolute Gasteiger partial charge is 0.469 e. The molecule has 0 spiro atoms. The predicted molar refractivity (Wildman–Crippen MR) is 82.7 cm³/mol. The first-order chi connectivity index (χ1) is 10.7. The van der Waals surface area contributed by atoms with Crippen LogP contribution >= 0.6 is 0 Å². The molecule has 0 atom stereocenters. The summed E-state index contributed by atoms with van der Waals surface area (Å²) in [5.74, 6) is 0.540. The topological polar surface area (TPSA) is 44.4 Å². The molecule has 0 N–H and O–H groups in total. The summed E-state index contributed by atoms with van der Waals surface area (Å²) in [5, 5.41) is 0. The molecule has 0 saturated carbocycles. The maximum atomic E-state index is 11.9. The summed E-state index contributed by atoms with van der Waals surface area (Å²) in [6, 6.07) is 13.6. The van der Waals surface area contributed by atoms with Crippen molar-refractivity contribution in [2.75, 3.05) is 0 Å². The van der Waals surface area contributed by atoms with Crippen LogP contribution in [-0.2, 0) is 22.6 Å². The number of aryl methyl sites for hydroxylation is 1. The first-order valence-electron chi connectivity index (χ1n) is 7.13. The van der Waals surface area contributed by atoms with Gasteiger partial charge in [0, 0.05) is 23.6 Å². The van der Waals surface area contributed by atoms with Crippen LogP contribution in [0.4, 0.5) is 0 Å². The van der Waals surface area contributed by atoms with Gasteiger partial charge in [-0.25, -0.2) is 0 Å². The number of carbonyl (C=O) groups excluding carboxylic acids is 1. The molecule has 0 fully saturated rings. The summed E-state index contributed by atoms with van der Waals surface area (Å²) in [5.41, 5.74) is 2.90. The van der Waals surface area contributed by atoms with E-state index >= 15 is 0 Å². The molecule has 4 heteroatoms. The smallest absolute Gasteiger partial charge is 0.310 e. The van der Waals surface area contributed by atoms with Gasteiger partial charge in [0.05, 0.1) is 12.7 Å².